The van der Waals surface area contributed by atoms with E-state index in [0.29, 0.717) is 19.1 Å². The summed E-state index contributed by atoms with van der Waals surface area (Å²) in [4.78, 5) is 4.87. The SMILES string of the molecule is C#Cc1ccc(OC)c2c1nc(-c1ccc(C(C)C)cc1)n2CCOC. The van der Waals surface area contributed by atoms with E-state index in [1.54, 1.807) is 14.2 Å². The average Bonchev–Trinajstić information content (AvgIpc) is 3.05. The molecule has 0 fully saturated rings. The number of ether oxygens (including phenoxy) is 2. The molecule has 0 saturated carbocycles. The van der Waals surface area contributed by atoms with Crippen molar-refractivity contribution in [2.75, 3.05) is 20.8 Å². The number of rotatable bonds is 6. The smallest absolute Gasteiger partial charge is 0.144 e. The molecule has 0 radical (unpaired) electrons. The van der Waals surface area contributed by atoms with E-state index in [1.165, 1.54) is 5.56 Å². The zero-order chi connectivity index (χ0) is 18.7. The zero-order valence-corrected chi connectivity index (χ0v) is 15.7. The summed E-state index contributed by atoms with van der Waals surface area (Å²) in [7, 11) is 3.36. The van der Waals surface area contributed by atoms with Gasteiger partial charge in [-0.15, -0.1) is 6.42 Å². The second-order valence-electron chi connectivity index (χ2n) is 6.51. The first-order chi connectivity index (χ1) is 12.6. The lowest BCUT2D eigenvalue weighted by atomic mass is 10.0. The van der Waals surface area contributed by atoms with Crippen molar-refractivity contribution in [2.45, 2.75) is 26.3 Å². The molecule has 0 amide bonds. The average molecular weight is 348 g/mol. The van der Waals surface area contributed by atoms with Gasteiger partial charge >= 0.3 is 0 Å². The summed E-state index contributed by atoms with van der Waals surface area (Å²) in [5.41, 5.74) is 4.80. The van der Waals surface area contributed by atoms with Crippen molar-refractivity contribution in [3.8, 4) is 29.5 Å². The fourth-order valence-electron chi connectivity index (χ4n) is 3.13. The molecule has 0 unspecified atom stereocenters. The summed E-state index contributed by atoms with van der Waals surface area (Å²) in [6.07, 6.45) is 5.69. The minimum Gasteiger partial charge on any atom is -0.494 e. The van der Waals surface area contributed by atoms with Gasteiger partial charge in [-0.25, -0.2) is 4.98 Å². The molecular weight excluding hydrogens is 324 g/mol. The topological polar surface area (TPSA) is 36.3 Å². The molecule has 1 heterocycles. The predicted octanol–water partition coefficient (Wildman–Crippen LogP) is 4.46. The quantitative estimate of drug-likeness (QED) is 0.617. The fraction of sp³-hybridized carbons (Fsp3) is 0.318. The van der Waals surface area contributed by atoms with Crippen molar-refractivity contribution in [1.29, 1.82) is 0 Å². The Kier molecular flexibility index (Phi) is 5.29. The number of nitrogens with zero attached hydrogens (tertiary/aromatic N) is 2. The molecule has 3 rings (SSSR count). The summed E-state index contributed by atoms with van der Waals surface area (Å²) in [5, 5.41) is 0. The summed E-state index contributed by atoms with van der Waals surface area (Å²) >= 11 is 0. The van der Waals surface area contributed by atoms with Crippen molar-refractivity contribution in [3.05, 3.63) is 47.5 Å². The van der Waals surface area contributed by atoms with Gasteiger partial charge in [0.15, 0.2) is 0 Å². The Morgan fingerprint density at radius 3 is 2.42 bits per heavy atom. The van der Waals surface area contributed by atoms with Crippen molar-refractivity contribution in [2.24, 2.45) is 0 Å². The molecule has 1 aromatic heterocycles. The number of imidazole rings is 1. The molecule has 4 heteroatoms. The molecule has 26 heavy (non-hydrogen) atoms. The van der Waals surface area contributed by atoms with E-state index in [4.69, 9.17) is 20.9 Å². The Hall–Kier alpha value is -2.77. The van der Waals surface area contributed by atoms with E-state index in [2.05, 4.69) is 48.6 Å². The predicted molar refractivity (Wildman–Crippen MR) is 106 cm³/mol. The van der Waals surface area contributed by atoms with Crippen LogP contribution in [-0.4, -0.2) is 30.4 Å². The van der Waals surface area contributed by atoms with Gasteiger partial charge in [-0.3, -0.25) is 0 Å². The van der Waals surface area contributed by atoms with E-state index in [1.807, 2.05) is 12.1 Å². The molecule has 0 aliphatic heterocycles. The lowest BCUT2D eigenvalue weighted by Gasteiger charge is -2.12. The number of hydrogen-bond donors (Lipinski definition) is 0. The van der Waals surface area contributed by atoms with Gasteiger partial charge in [-0.1, -0.05) is 44.0 Å². The highest BCUT2D eigenvalue weighted by Gasteiger charge is 2.18. The second kappa shape index (κ2) is 7.63. The monoisotopic (exact) mass is 348 g/mol. The number of fused-ring (bicyclic) bond motifs is 1. The number of methoxy groups -OCH3 is 2. The lowest BCUT2D eigenvalue weighted by Crippen LogP contribution is -2.07. The highest BCUT2D eigenvalue weighted by atomic mass is 16.5. The maximum Gasteiger partial charge on any atom is 0.144 e. The van der Waals surface area contributed by atoms with Crippen LogP contribution in [0.5, 0.6) is 5.75 Å². The maximum atomic E-state index is 5.69. The van der Waals surface area contributed by atoms with Crippen LogP contribution in [0.4, 0.5) is 0 Å². The van der Waals surface area contributed by atoms with Gasteiger partial charge in [-0.2, -0.15) is 0 Å². The molecule has 0 atom stereocenters. The normalized spacial score (nSPS) is 11.1. The third-order valence-corrected chi connectivity index (χ3v) is 4.59. The van der Waals surface area contributed by atoms with Crippen LogP contribution in [0.2, 0.25) is 0 Å². The van der Waals surface area contributed by atoms with Crippen LogP contribution in [0.1, 0.15) is 30.9 Å². The minimum absolute atomic E-state index is 0.490. The Morgan fingerprint density at radius 1 is 1.12 bits per heavy atom. The van der Waals surface area contributed by atoms with Gasteiger partial charge in [0, 0.05) is 19.2 Å². The second-order valence-corrected chi connectivity index (χ2v) is 6.51. The molecule has 0 aliphatic rings. The third kappa shape index (κ3) is 3.18. The van der Waals surface area contributed by atoms with E-state index in [-0.39, 0.29) is 0 Å². The molecule has 3 aromatic rings. The summed E-state index contributed by atoms with van der Waals surface area (Å²) < 4.78 is 13.0. The number of hydrogen-bond acceptors (Lipinski definition) is 3. The van der Waals surface area contributed by atoms with Crippen molar-refractivity contribution in [1.82, 2.24) is 9.55 Å². The zero-order valence-electron chi connectivity index (χ0n) is 15.7. The fourth-order valence-corrected chi connectivity index (χ4v) is 3.13. The summed E-state index contributed by atoms with van der Waals surface area (Å²) in [6, 6.07) is 12.3. The van der Waals surface area contributed by atoms with Crippen LogP contribution in [0.25, 0.3) is 22.4 Å². The molecule has 4 nitrogen and oxygen atoms in total. The highest BCUT2D eigenvalue weighted by molar-refractivity contribution is 5.90. The van der Waals surface area contributed by atoms with E-state index >= 15 is 0 Å². The Labute approximate surface area is 154 Å². The van der Waals surface area contributed by atoms with E-state index in [9.17, 15) is 0 Å². The summed E-state index contributed by atoms with van der Waals surface area (Å²) in [6.45, 7) is 5.62. The Bertz CT molecular complexity index is 947. The van der Waals surface area contributed by atoms with Crippen LogP contribution in [-0.2, 0) is 11.3 Å². The number of benzene rings is 2. The maximum absolute atomic E-state index is 5.69. The Morgan fingerprint density at radius 2 is 1.85 bits per heavy atom. The van der Waals surface area contributed by atoms with Crippen molar-refractivity contribution in [3.63, 3.8) is 0 Å². The first-order valence-corrected chi connectivity index (χ1v) is 8.73. The minimum atomic E-state index is 0.490. The van der Waals surface area contributed by atoms with E-state index in [0.717, 1.165) is 33.7 Å². The van der Waals surface area contributed by atoms with Crippen molar-refractivity contribution >= 4 is 11.0 Å². The number of terminal acetylenes is 1. The largest absolute Gasteiger partial charge is 0.494 e. The lowest BCUT2D eigenvalue weighted by molar-refractivity contribution is 0.188. The molecular formula is C22H24N2O2. The van der Waals surface area contributed by atoms with Gasteiger partial charge in [0.1, 0.15) is 22.6 Å². The molecule has 0 bridgehead atoms. The third-order valence-electron chi connectivity index (χ3n) is 4.59. The summed E-state index contributed by atoms with van der Waals surface area (Å²) in [5.74, 6) is 4.85. The van der Waals surface area contributed by atoms with E-state index < -0.39 is 0 Å². The van der Waals surface area contributed by atoms with Crippen LogP contribution >= 0.6 is 0 Å². The molecule has 0 N–H and O–H groups in total. The molecule has 0 spiro atoms. The first-order valence-electron chi connectivity index (χ1n) is 8.73. The van der Waals surface area contributed by atoms with Crippen LogP contribution in [0, 0.1) is 12.3 Å². The van der Waals surface area contributed by atoms with Gasteiger partial charge in [0.05, 0.1) is 19.3 Å². The number of aromatic nitrogens is 2. The first kappa shape index (κ1) is 18.0. The molecule has 2 aromatic carbocycles. The van der Waals surface area contributed by atoms with Gasteiger partial charge in [0.2, 0.25) is 0 Å². The van der Waals surface area contributed by atoms with Crippen LogP contribution in [0.3, 0.4) is 0 Å². The van der Waals surface area contributed by atoms with Gasteiger partial charge in [-0.05, 0) is 23.6 Å². The highest BCUT2D eigenvalue weighted by Crippen LogP contribution is 2.33. The molecule has 0 saturated heterocycles. The standard InChI is InChI=1S/C22H24N2O2/c1-6-16-11-12-19(26-5)21-20(16)23-22(24(21)13-14-25-4)18-9-7-17(8-10-18)15(2)3/h1,7-12,15H,13-14H2,2-5H3. The van der Waals surface area contributed by atoms with Crippen LogP contribution < -0.4 is 4.74 Å². The molecule has 134 valence electrons. The van der Waals surface area contributed by atoms with Gasteiger partial charge < -0.3 is 14.0 Å². The van der Waals surface area contributed by atoms with Gasteiger partial charge in [0.25, 0.3) is 0 Å². The van der Waals surface area contributed by atoms with Crippen molar-refractivity contribution < 1.29 is 9.47 Å². The molecule has 0 aliphatic carbocycles. The van der Waals surface area contributed by atoms with Crippen LogP contribution in [0.15, 0.2) is 36.4 Å². The Balaban J connectivity index is 2.25.